The number of nitrogens with zero attached hydrogens (tertiary/aromatic N) is 2. The zero-order chi connectivity index (χ0) is 18.4. The van der Waals surface area contributed by atoms with E-state index in [2.05, 4.69) is 17.2 Å². The fourth-order valence-corrected chi connectivity index (χ4v) is 4.09. The number of thiazole rings is 1. The van der Waals surface area contributed by atoms with E-state index in [4.69, 9.17) is 4.74 Å². The average molecular weight is 374 g/mol. The minimum absolute atomic E-state index is 0.0520. The highest BCUT2D eigenvalue weighted by molar-refractivity contribution is 7.13. The van der Waals surface area contributed by atoms with Crippen LogP contribution in [0, 0.1) is 5.92 Å². The van der Waals surface area contributed by atoms with Crippen molar-refractivity contribution in [3.8, 4) is 16.3 Å². The Hall–Kier alpha value is -1.92. The summed E-state index contributed by atoms with van der Waals surface area (Å²) in [6, 6.07) is 7.92. The normalized spacial score (nSPS) is 17.3. The summed E-state index contributed by atoms with van der Waals surface area (Å²) in [7, 11) is 1.96. The van der Waals surface area contributed by atoms with Gasteiger partial charge >= 0.3 is 0 Å². The van der Waals surface area contributed by atoms with Gasteiger partial charge in [-0.05, 0) is 63.0 Å². The highest BCUT2D eigenvalue weighted by Crippen LogP contribution is 2.27. The van der Waals surface area contributed by atoms with Crippen LogP contribution in [0.2, 0.25) is 0 Å². The number of carbonyl (C=O) groups is 1. The Kier molecular flexibility index (Phi) is 6.63. The monoisotopic (exact) mass is 373 g/mol. The van der Waals surface area contributed by atoms with Gasteiger partial charge in [0.25, 0.3) is 5.91 Å². The molecular formula is C20H27N3O2S. The van der Waals surface area contributed by atoms with Crippen LogP contribution in [0.25, 0.3) is 10.6 Å². The Morgan fingerprint density at radius 2 is 2.19 bits per heavy atom. The second-order valence-electron chi connectivity index (χ2n) is 6.73. The second-order valence-corrected chi connectivity index (χ2v) is 7.59. The number of nitrogens with one attached hydrogen (secondary N) is 1. The maximum absolute atomic E-state index is 12.8. The standard InChI is InChI=1S/C20H27N3O2S/c1-3-11-25-17-8-6-16(7-9-17)19-22-18(14-26-19)20(24)23-10-4-5-15(13-23)12-21-2/h6-9,14-15,21H,3-5,10-13H2,1-2H3. The number of rotatable bonds is 7. The first-order valence-electron chi connectivity index (χ1n) is 9.34. The molecule has 1 aromatic carbocycles. The molecule has 1 fully saturated rings. The highest BCUT2D eigenvalue weighted by Gasteiger charge is 2.25. The van der Waals surface area contributed by atoms with Crippen molar-refractivity contribution in [2.45, 2.75) is 26.2 Å². The quantitative estimate of drug-likeness (QED) is 0.805. The SMILES string of the molecule is CCCOc1ccc(-c2nc(C(=O)N3CCCC(CNC)C3)cs2)cc1. The third kappa shape index (κ3) is 4.62. The van der Waals surface area contributed by atoms with Crippen LogP contribution in [-0.2, 0) is 0 Å². The first-order valence-corrected chi connectivity index (χ1v) is 10.2. The molecule has 3 rings (SSSR count). The van der Waals surface area contributed by atoms with E-state index in [0.717, 1.165) is 55.4 Å². The van der Waals surface area contributed by atoms with Gasteiger partial charge in [0.15, 0.2) is 0 Å². The lowest BCUT2D eigenvalue weighted by Crippen LogP contribution is -2.42. The zero-order valence-corrected chi connectivity index (χ0v) is 16.3. The molecule has 1 atom stereocenters. The van der Waals surface area contributed by atoms with Gasteiger partial charge in [0.1, 0.15) is 16.5 Å². The molecule has 6 heteroatoms. The summed E-state index contributed by atoms with van der Waals surface area (Å²) in [5, 5.41) is 5.97. The molecule has 1 aromatic heterocycles. The van der Waals surface area contributed by atoms with E-state index in [9.17, 15) is 4.79 Å². The number of likely N-dealkylation sites (tertiary alicyclic amines) is 1. The van der Waals surface area contributed by atoms with Crippen molar-refractivity contribution >= 4 is 17.2 Å². The molecule has 1 N–H and O–H groups in total. The van der Waals surface area contributed by atoms with E-state index in [1.165, 1.54) is 17.8 Å². The largest absolute Gasteiger partial charge is 0.494 e. The van der Waals surface area contributed by atoms with Crippen molar-refractivity contribution < 1.29 is 9.53 Å². The molecule has 2 aromatic rings. The maximum Gasteiger partial charge on any atom is 0.273 e. The molecule has 1 saturated heterocycles. The van der Waals surface area contributed by atoms with Gasteiger partial charge < -0.3 is 15.0 Å². The van der Waals surface area contributed by atoms with E-state index in [1.807, 2.05) is 41.6 Å². The first-order chi connectivity index (χ1) is 12.7. The molecule has 0 aliphatic carbocycles. The summed E-state index contributed by atoms with van der Waals surface area (Å²) in [4.78, 5) is 19.3. The van der Waals surface area contributed by atoms with Gasteiger partial charge in [-0.1, -0.05) is 6.92 Å². The molecule has 2 heterocycles. The van der Waals surface area contributed by atoms with Crippen molar-refractivity contribution in [1.82, 2.24) is 15.2 Å². The van der Waals surface area contributed by atoms with Crippen LogP contribution in [0.3, 0.4) is 0 Å². The van der Waals surface area contributed by atoms with E-state index in [-0.39, 0.29) is 5.91 Å². The van der Waals surface area contributed by atoms with Gasteiger partial charge in [-0.25, -0.2) is 4.98 Å². The molecule has 0 bridgehead atoms. The van der Waals surface area contributed by atoms with E-state index in [1.54, 1.807) is 0 Å². The van der Waals surface area contributed by atoms with Gasteiger partial charge in [-0.3, -0.25) is 4.79 Å². The molecule has 0 radical (unpaired) electrons. The van der Waals surface area contributed by atoms with Crippen molar-refractivity contribution in [2.75, 3.05) is 33.3 Å². The van der Waals surface area contributed by atoms with E-state index >= 15 is 0 Å². The molecule has 1 amide bonds. The van der Waals surface area contributed by atoms with Crippen LogP contribution in [0.5, 0.6) is 5.75 Å². The first kappa shape index (κ1) is 18.9. The summed E-state index contributed by atoms with van der Waals surface area (Å²) in [6.45, 7) is 5.41. The van der Waals surface area contributed by atoms with Crippen LogP contribution in [0.4, 0.5) is 0 Å². The number of hydrogen-bond acceptors (Lipinski definition) is 5. The zero-order valence-electron chi connectivity index (χ0n) is 15.5. The number of ether oxygens (including phenoxy) is 1. The van der Waals surface area contributed by atoms with Gasteiger partial charge in [0, 0.05) is 24.0 Å². The number of aromatic nitrogens is 1. The predicted molar refractivity (Wildman–Crippen MR) is 106 cm³/mol. The summed E-state index contributed by atoms with van der Waals surface area (Å²) in [5.41, 5.74) is 1.58. The molecule has 26 heavy (non-hydrogen) atoms. The highest BCUT2D eigenvalue weighted by atomic mass is 32.1. The van der Waals surface area contributed by atoms with Gasteiger partial charge in [-0.2, -0.15) is 0 Å². The molecular weight excluding hydrogens is 346 g/mol. The minimum atomic E-state index is 0.0520. The van der Waals surface area contributed by atoms with Crippen molar-refractivity contribution in [3.63, 3.8) is 0 Å². The van der Waals surface area contributed by atoms with Crippen LogP contribution in [0.15, 0.2) is 29.6 Å². The summed E-state index contributed by atoms with van der Waals surface area (Å²) >= 11 is 1.52. The van der Waals surface area contributed by atoms with Gasteiger partial charge in [0.2, 0.25) is 0 Å². The summed E-state index contributed by atoms with van der Waals surface area (Å²) < 4.78 is 5.62. The summed E-state index contributed by atoms with van der Waals surface area (Å²) in [5.74, 6) is 1.45. The van der Waals surface area contributed by atoms with Gasteiger partial charge in [0.05, 0.1) is 6.61 Å². The molecule has 0 saturated carbocycles. The van der Waals surface area contributed by atoms with Gasteiger partial charge in [-0.15, -0.1) is 11.3 Å². The van der Waals surface area contributed by atoms with Crippen molar-refractivity contribution in [2.24, 2.45) is 5.92 Å². The smallest absolute Gasteiger partial charge is 0.273 e. The summed E-state index contributed by atoms with van der Waals surface area (Å²) in [6.07, 6.45) is 3.24. The Bertz CT molecular complexity index is 712. The molecule has 1 aliphatic rings. The van der Waals surface area contributed by atoms with E-state index in [0.29, 0.717) is 11.6 Å². The number of hydrogen-bond donors (Lipinski definition) is 1. The molecule has 1 aliphatic heterocycles. The lowest BCUT2D eigenvalue weighted by Gasteiger charge is -2.32. The Balaban J connectivity index is 1.66. The minimum Gasteiger partial charge on any atom is -0.494 e. The number of amides is 1. The third-order valence-corrected chi connectivity index (χ3v) is 5.49. The van der Waals surface area contributed by atoms with Crippen molar-refractivity contribution in [3.05, 3.63) is 35.3 Å². The van der Waals surface area contributed by atoms with Crippen LogP contribution in [0.1, 0.15) is 36.7 Å². The molecule has 5 nitrogen and oxygen atoms in total. The lowest BCUT2D eigenvalue weighted by molar-refractivity contribution is 0.0669. The maximum atomic E-state index is 12.8. The average Bonchev–Trinajstić information content (AvgIpc) is 3.17. The Morgan fingerprint density at radius 1 is 1.38 bits per heavy atom. The topological polar surface area (TPSA) is 54.5 Å². The second kappa shape index (κ2) is 9.14. The fourth-order valence-electron chi connectivity index (χ4n) is 3.29. The number of piperidine rings is 1. The fraction of sp³-hybridized carbons (Fsp3) is 0.500. The van der Waals surface area contributed by atoms with E-state index < -0.39 is 0 Å². The Morgan fingerprint density at radius 3 is 2.92 bits per heavy atom. The molecule has 0 spiro atoms. The number of carbonyl (C=O) groups excluding carboxylic acids is 1. The van der Waals surface area contributed by atoms with Crippen LogP contribution >= 0.6 is 11.3 Å². The number of benzene rings is 1. The third-order valence-electron chi connectivity index (χ3n) is 4.60. The molecule has 1 unspecified atom stereocenters. The predicted octanol–water partition coefficient (Wildman–Crippen LogP) is 3.67. The van der Waals surface area contributed by atoms with Crippen LogP contribution < -0.4 is 10.1 Å². The molecule has 140 valence electrons. The van der Waals surface area contributed by atoms with Crippen LogP contribution in [-0.4, -0.2) is 49.1 Å². The Labute approximate surface area is 159 Å². The lowest BCUT2D eigenvalue weighted by atomic mass is 9.98. The van der Waals surface area contributed by atoms with Crippen molar-refractivity contribution in [1.29, 1.82) is 0 Å².